The summed E-state index contributed by atoms with van der Waals surface area (Å²) in [6.45, 7) is -0.721. The van der Waals surface area contributed by atoms with E-state index in [2.05, 4.69) is 15.0 Å². The summed E-state index contributed by atoms with van der Waals surface area (Å²) >= 11 is 5.76. The van der Waals surface area contributed by atoms with Crippen LogP contribution in [0.2, 0.25) is 5.28 Å². The highest BCUT2D eigenvalue weighted by molar-refractivity contribution is 7.53. The Bertz CT molecular complexity index is 951. The van der Waals surface area contributed by atoms with E-state index in [9.17, 15) is 19.6 Å². The number of nitrogen functional groups attached to an aromatic ring is 1. The summed E-state index contributed by atoms with van der Waals surface area (Å²) in [7, 11) is -5.11. The van der Waals surface area contributed by atoms with Gasteiger partial charge in [-0.25, -0.2) is 9.78 Å². The van der Waals surface area contributed by atoms with Crippen LogP contribution in [0.15, 0.2) is 6.33 Å². The van der Waals surface area contributed by atoms with Crippen molar-refractivity contribution < 1.29 is 43.9 Å². The number of carboxylic acid groups (broad SMARTS) is 1. The molecule has 7 N–H and O–H groups in total. The third kappa shape index (κ3) is 3.81. The zero-order valence-corrected chi connectivity index (χ0v) is 15.4. The first-order chi connectivity index (χ1) is 13.0. The minimum absolute atomic E-state index is 0.0207. The lowest BCUT2D eigenvalue weighted by molar-refractivity contribution is -0.149. The molecule has 0 unspecified atom stereocenters. The Morgan fingerprint density at radius 1 is 1.39 bits per heavy atom. The normalized spacial score (nSPS) is 26.6. The molecule has 28 heavy (non-hydrogen) atoms. The quantitative estimate of drug-likeness (QED) is 0.218. The molecule has 154 valence electrons. The van der Waals surface area contributed by atoms with Crippen LogP contribution in [-0.2, 0) is 18.8 Å². The average molecular weight is 440 g/mol. The van der Waals surface area contributed by atoms with E-state index in [1.165, 1.54) is 10.9 Å². The number of hydrogen-bond donors (Lipinski definition) is 6. The molecule has 1 fully saturated rings. The fourth-order valence-electron chi connectivity index (χ4n) is 2.69. The number of aliphatic hydroxyl groups is 2. The van der Waals surface area contributed by atoms with E-state index in [0.29, 0.717) is 0 Å². The van der Waals surface area contributed by atoms with Crippen molar-refractivity contribution in [2.75, 3.05) is 12.3 Å². The molecule has 0 aromatic carbocycles. The highest BCUT2D eigenvalue weighted by atomic mass is 35.5. The van der Waals surface area contributed by atoms with Crippen LogP contribution in [0.1, 0.15) is 6.23 Å². The number of ether oxygens (including phenoxy) is 2. The Labute approximate surface area is 160 Å². The SMILES string of the molecule is Nc1nc(Cl)nc2c1ncn2[C@@H]1O[C@H](CO[C@H](C(=O)O)P(=O)(O)O)[C@@H](O)[C@H]1O. The smallest absolute Gasteiger partial charge is 0.365 e. The molecule has 3 rings (SSSR count). The number of aromatic nitrogens is 4. The number of imidazole rings is 1. The molecule has 2 aromatic heterocycles. The van der Waals surface area contributed by atoms with E-state index in [0.717, 1.165) is 0 Å². The summed E-state index contributed by atoms with van der Waals surface area (Å²) in [6, 6.07) is 0. The lowest BCUT2D eigenvalue weighted by atomic mass is 10.1. The monoisotopic (exact) mass is 439 g/mol. The predicted octanol–water partition coefficient (Wildman–Crippen LogP) is -1.71. The molecule has 0 aliphatic carbocycles. The summed E-state index contributed by atoms with van der Waals surface area (Å²) in [5.74, 6) is -4.35. The third-order valence-electron chi connectivity index (χ3n) is 3.97. The van der Waals surface area contributed by atoms with Crippen molar-refractivity contribution in [3.8, 4) is 0 Å². The van der Waals surface area contributed by atoms with Crippen LogP contribution >= 0.6 is 19.2 Å². The Morgan fingerprint density at radius 3 is 2.68 bits per heavy atom. The van der Waals surface area contributed by atoms with Gasteiger partial charge in [-0.3, -0.25) is 9.13 Å². The largest absolute Gasteiger partial charge is 0.479 e. The fraction of sp³-hybridized carbons (Fsp3) is 0.500. The first-order valence-corrected chi connectivity index (χ1v) is 9.63. The van der Waals surface area contributed by atoms with E-state index >= 15 is 0 Å². The van der Waals surface area contributed by atoms with Crippen molar-refractivity contribution in [1.82, 2.24) is 19.5 Å². The molecule has 0 spiro atoms. The van der Waals surface area contributed by atoms with Crippen molar-refractivity contribution in [1.29, 1.82) is 0 Å². The number of aliphatic hydroxyl groups excluding tert-OH is 2. The maximum Gasteiger partial charge on any atom is 0.365 e. The number of aliphatic carboxylic acids is 1. The molecule has 14 nitrogen and oxygen atoms in total. The first-order valence-electron chi connectivity index (χ1n) is 7.57. The highest BCUT2D eigenvalue weighted by Crippen LogP contribution is 2.42. The maximum atomic E-state index is 11.2. The Morgan fingerprint density at radius 2 is 2.07 bits per heavy atom. The number of carbonyl (C=O) groups is 1. The van der Waals surface area contributed by atoms with Gasteiger partial charge in [0, 0.05) is 0 Å². The number of halogens is 1. The minimum Gasteiger partial charge on any atom is -0.479 e. The molecule has 5 atom stereocenters. The molecule has 1 aliphatic heterocycles. The highest BCUT2D eigenvalue weighted by Gasteiger charge is 2.46. The minimum atomic E-state index is -5.11. The van der Waals surface area contributed by atoms with E-state index in [1.54, 1.807) is 0 Å². The third-order valence-corrected chi connectivity index (χ3v) is 5.12. The number of nitrogens with zero attached hydrogens (tertiary/aromatic N) is 4. The average Bonchev–Trinajstić information content (AvgIpc) is 3.09. The topological polar surface area (TPSA) is 223 Å². The Kier molecular flexibility index (Phi) is 5.58. The molecule has 1 aliphatic rings. The Hall–Kier alpha value is -1.90. The van der Waals surface area contributed by atoms with Crippen LogP contribution in [0, 0.1) is 0 Å². The number of rotatable bonds is 6. The standard InChI is InChI=1S/C12H15ClN5O9P/c13-12-16-7(14)4-8(17-12)18(2-15-4)9-6(20)5(19)3(27-9)1-26-11(10(21)22)28(23,24)25/h2-3,5-6,9,11,19-20H,1H2,(H,21,22)(H2,14,16,17)(H2,23,24,25)/t3-,5-,6-,9-,11+/m1/s1. The van der Waals surface area contributed by atoms with Gasteiger partial charge in [0.25, 0.3) is 5.85 Å². The molecule has 1 saturated heterocycles. The van der Waals surface area contributed by atoms with Gasteiger partial charge in [-0.2, -0.15) is 9.97 Å². The molecule has 0 radical (unpaired) electrons. The number of fused-ring (bicyclic) bond motifs is 1. The van der Waals surface area contributed by atoms with Gasteiger partial charge in [-0.15, -0.1) is 0 Å². The molecule has 3 heterocycles. The summed E-state index contributed by atoms with van der Waals surface area (Å²) in [6.07, 6.45) is -4.42. The fourth-order valence-corrected chi connectivity index (χ4v) is 3.43. The van der Waals surface area contributed by atoms with Crippen LogP contribution in [0.25, 0.3) is 11.2 Å². The van der Waals surface area contributed by atoms with Crippen LogP contribution in [0.5, 0.6) is 0 Å². The predicted molar refractivity (Wildman–Crippen MR) is 90.1 cm³/mol. The van der Waals surface area contributed by atoms with Gasteiger partial charge in [0.2, 0.25) is 5.28 Å². The second-order valence-electron chi connectivity index (χ2n) is 5.86. The maximum absolute atomic E-state index is 11.2. The van der Waals surface area contributed by atoms with Gasteiger partial charge in [0.05, 0.1) is 12.9 Å². The number of carboxylic acids is 1. The van der Waals surface area contributed by atoms with E-state index in [4.69, 9.17) is 41.7 Å². The molecule has 2 aromatic rings. The number of anilines is 1. The van der Waals surface area contributed by atoms with E-state index in [1.807, 2.05) is 0 Å². The number of hydrogen-bond acceptors (Lipinski definition) is 10. The first kappa shape index (κ1) is 20.8. The van der Waals surface area contributed by atoms with Crippen molar-refractivity contribution in [3.05, 3.63) is 11.6 Å². The lowest BCUT2D eigenvalue weighted by Crippen LogP contribution is -2.36. The van der Waals surface area contributed by atoms with Gasteiger partial charge in [-0.1, -0.05) is 0 Å². The van der Waals surface area contributed by atoms with Crippen molar-refractivity contribution in [2.24, 2.45) is 0 Å². The second-order valence-corrected chi connectivity index (χ2v) is 7.85. The van der Waals surface area contributed by atoms with Gasteiger partial charge in [0.1, 0.15) is 23.8 Å². The van der Waals surface area contributed by atoms with Gasteiger partial charge >= 0.3 is 13.6 Å². The summed E-state index contributed by atoms with van der Waals surface area (Å²) < 4.78 is 22.6. The van der Waals surface area contributed by atoms with Crippen LogP contribution < -0.4 is 5.73 Å². The van der Waals surface area contributed by atoms with Crippen LogP contribution in [0.3, 0.4) is 0 Å². The van der Waals surface area contributed by atoms with Gasteiger partial charge in [-0.05, 0) is 11.6 Å². The summed E-state index contributed by atoms with van der Waals surface area (Å²) in [5, 5.41) is 29.1. The zero-order valence-electron chi connectivity index (χ0n) is 13.7. The van der Waals surface area contributed by atoms with Crippen molar-refractivity contribution in [3.63, 3.8) is 0 Å². The molecular weight excluding hydrogens is 425 g/mol. The second kappa shape index (κ2) is 7.50. The van der Waals surface area contributed by atoms with Crippen LogP contribution in [-0.4, -0.2) is 81.4 Å². The van der Waals surface area contributed by atoms with Crippen LogP contribution in [0.4, 0.5) is 5.82 Å². The molecule has 0 bridgehead atoms. The Balaban J connectivity index is 1.81. The summed E-state index contributed by atoms with van der Waals surface area (Å²) in [5.41, 5.74) is 5.97. The van der Waals surface area contributed by atoms with E-state index < -0.39 is 50.6 Å². The molecular formula is C12H15ClN5O9P. The molecule has 0 saturated carbocycles. The van der Waals surface area contributed by atoms with Gasteiger partial charge in [0.15, 0.2) is 17.7 Å². The molecule has 16 heteroatoms. The van der Waals surface area contributed by atoms with Crippen molar-refractivity contribution >= 4 is 42.1 Å². The van der Waals surface area contributed by atoms with E-state index in [-0.39, 0.29) is 22.3 Å². The lowest BCUT2D eigenvalue weighted by Gasteiger charge is -2.19. The summed E-state index contributed by atoms with van der Waals surface area (Å²) in [4.78, 5) is 40.6. The zero-order chi connectivity index (χ0) is 20.8. The van der Waals surface area contributed by atoms with Crippen molar-refractivity contribution in [2.45, 2.75) is 30.4 Å². The van der Waals surface area contributed by atoms with Gasteiger partial charge < -0.3 is 40.3 Å². The molecule has 0 amide bonds. The number of nitrogens with two attached hydrogens (primary N) is 1.